The van der Waals surface area contributed by atoms with Crippen molar-refractivity contribution in [1.82, 2.24) is 10.2 Å². The summed E-state index contributed by atoms with van der Waals surface area (Å²) in [6, 6.07) is 13.7. The van der Waals surface area contributed by atoms with Gasteiger partial charge in [0.15, 0.2) is 0 Å². The Morgan fingerprint density at radius 3 is 2.30 bits per heavy atom. The number of halogens is 1. The highest BCUT2D eigenvalue weighted by molar-refractivity contribution is 14.1. The maximum atomic E-state index is 13.2. The van der Waals surface area contributed by atoms with Gasteiger partial charge in [-0.1, -0.05) is 29.8 Å². The van der Waals surface area contributed by atoms with Crippen molar-refractivity contribution in [2.45, 2.75) is 26.4 Å². The predicted molar refractivity (Wildman–Crippen MR) is 127 cm³/mol. The number of carbonyl (C=O) groups excluding carboxylic acids is 2. The molecule has 2 rings (SSSR count). The molecule has 1 N–H and O–H groups in total. The van der Waals surface area contributed by atoms with Gasteiger partial charge in [0.2, 0.25) is 21.8 Å². The highest BCUT2D eigenvalue weighted by atomic mass is 127. The lowest BCUT2D eigenvalue weighted by atomic mass is 10.1. The first-order chi connectivity index (χ1) is 14.0. The van der Waals surface area contributed by atoms with E-state index in [9.17, 15) is 18.0 Å². The van der Waals surface area contributed by atoms with Crippen molar-refractivity contribution in [2.24, 2.45) is 0 Å². The van der Waals surface area contributed by atoms with Gasteiger partial charge < -0.3 is 10.2 Å². The van der Waals surface area contributed by atoms with Gasteiger partial charge in [0.25, 0.3) is 0 Å². The van der Waals surface area contributed by atoms with E-state index in [1.54, 1.807) is 31.2 Å². The molecule has 7 nitrogen and oxygen atoms in total. The quantitative estimate of drug-likeness (QED) is 0.519. The van der Waals surface area contributed by atoms with Crippen LogP contribution in [0.15, 0.2) is 48.5 Å². The molecule has 0 spiro atoms. The molecule has 0 aliphatic carbocycles. The van der Waals surface area contributed by atoms with Gasteiger partial charge in [-0.2, -0.15) is 0 Å². The number of benzene rings is 2. The fourth-order valence-electron chi connectivity index (χ4n) is 3.02. The van der Waals surface area contributed by atoms with Crippen LogP contribution in [-0.4, -0.2) is 51.0 Å². The van der Waals surface area contributed by atoms with Gasteiger partial charge in [0, 0.05) is 17.2 Å². The Kier molecular flexibility index (Phi) is 8.25. The summed E-state index contributed by atoms with van der Waals surface area (Å²) in [6.07, 6.45) is 1.06. The SMILES string of the molecule is CNC(=O)[C@@H](C)N(Cc1cccc(C)c1)C(=O)CN(c1ccc(I)cc1)S(C)(=O)=O. The Hall–Kier alpha value is -2.14. The third-order valence-electron chi connectivity index (χ3n) is 4.64. The summed E-state index contributed by atoms with van der Waals surface area (Å²) in [5, 5.41) is 2.55. The molecule has 0 radical (unpaired) electrons. The first-order valence-electron chi connectivity index (χ1n) is 9.33. The lowest BCUT2D eigenvalue weighted by Gasteiger charge is -2.31. The monoisotopic (exact) mass is 543 g/mol. The highest BCUT2D eigenvalue weighted by Crippen LogP contribution is 2.20. The minimum absolute atomic E-state index is 0.194. The van der Waals surface area contributed by atoms with Crippen LogP contribution in [-0.2, 0) is 26.2 Å². The van der Waals surface area contributed by atoms with Crippen molar-refractivity contribution < 1.29 is 18.0 Å². The van der Waals surface area contributed by atoms with Crippen molar-refractivity contribution >= 4 is 50.1 Å². The second-order valence-electron chi connectivity index (χ2n) is 7.05. The van der Waals surface area contributed by atoms with E-state index in [2.05, 4.69) is 27.9 Å². The van der Waals surface area contributed by atoms with Crippen LogP contribution in [0.3, 0.4) is 0 Å². The number of anilines is 1. The second-order valence-corrected chi connectivity index (χ2v) is 10.2. The molecule has 0 heterocycles. The van der Waals surface area contributed by atoms with Crippen LogP contribution >= 0.6 is 22.6 Å². The highest BCUT2D eigenvalue weighted by Gasteiger charge is 2.29. The molecule has 0 bridgehead atoms. The summed E-state index contributed by atoms with van der Waals surface area (Å²) < 4.78 is 26.8. The average Bonchev–Trinajstić information content (AvgIpc) is 2.69. The van der Waals surface area contributed by atoms with Gasteiger partial charge in [0.05, 0.1) is 11.9 Å². The van der Waals surface area contributed by atoms with E-state index < -0.39 is 28.5 Å². The minimum Gasteiger partial charge on any atom is -0.357 e. The Labute approximate surface area is 191 Å². The van der Waals surface area contributed by atoms with Gasteiger partial charge in [-0.25, -0.2) is 8.42 Å². The van der Waals surface area contributed by atoms with Crippen LogP contribution in [0.1, 0.15) is 18.1 Å². The second kappa shape index (κ2) is 10.3. The predicted octanol–water partition coefficient (Wildman–Crippen LogP) is 2.53. The van der Waals surface area contributed by atoms with Gasteiger partial charge in [-0.3, -0.25) is 13.9 Å². The molecule has 2 amide bonds. The van der Waals surface area contributed by atoms with Crippen molar-refractivity contribution in [2.75, 3.05) is 24.2 Å². The number of nitrogens with zero attached hydrogens (tertiary/aromatic N) is 2. The van der Waals surface area contributed by atoms with Gasteiger partial charge in [-0.15, -0.1) is 0 Å². The maximum Gasteiger partial charge on any atom is 0.244 e. The molecule has 30 heavy (non-hydrogen) atoms. The smallest absolute Gasteiger partial charge is 0.244 e. The Morgan fingerprint density at radius 1 is 1.13 bits per heavy atom. The lowest BCUT2D eigenvalue weighted by molar-refractivity contribution is -0.139. The van der Waals surface area contributed by atoms with Crippen LogP contribution in [0.4, 0.5) is 5.69 Å². The molecular formula is C21H26IN3O4S. The minimum atomic E-state index is -3.71. The van der Waals surface area contributed by atoms with E-state index in [4.69, 9.17) is 0 Å². The number of sulfonamides is 1. The first kappa shape index (κ1) is 24.1. The third kappa shape index (κ3) is 6.43. The number of rotatable bonds is 8. The normalized spacial score (nSPS) is 12.2. The standard InChI is InChI=1S/C21H26IN3O4S/c1-15-6-5-7-17(12-15)13-24(16(2)21(27)23-3)20(26)14-25(30(4,28)29)19-10-8-18(22)9-11-19/h5-12,16H,13-14H2,1-4H3,(H,23,27)/t16-/m1/s1. The number of likely N-dealkylation sites (N-methyl/N-ethyl adjacent to an activating group) is 1. The summed E-state index contributed by atoms with van der Waals surface area (Å²) in [6.45, 7) is 3.37. The zero-order valence-corrected chi connectivity index (χ0v) is 20.4. The van der Waals surface area contributed by atoms with Gasteiger partial charge >= 0.3 is 0 Å². The van der Waals surface area contributed by atoms with Crippen molar-refractivity contribution in [3.63, 3.8) is 0 Å². The molecule has 0 aliphatic rings. The largest absolute Gasteiger partial charge is 0.357 e. The Bertz CT molecular complexity index is 1010. The maximum absolute atomic E-state index is 13.2. The van der Waals surface area contributed by atoms with Crippen LogP contribution < -0.4 is 9.62 Å². The first-order valence-corrected chi connectivity index (χ1v) is 12.3. The van der Waals surface area contributed by atoms with Gasteiger partial charge in [-0.05, 0) is 66.3 Å². The molecule has 0 saturated heterocycles. The molecule has 9 heteroatoms. The molecule has 2 aromatic rings. The van der Waals surface area contributed by atoms with E-state index >= 15 is 0 Å². The van der Waals surface area contributed by atoms with Crippen LogP contribution in [0.5, 0.6) is 0 Å². The average molecular weight is 543 g/mol. The topological polar surface area (TPSA) is 86.8 Å². The van der Waals surface area contributed by atoms with E-state index in [0.29, 0.717) is 5.69 Å². The molecule has 162 valence electrons. The number of hydrogen-bond donors (Lipinski definition) is 1. The van der Waals surface area contributed by atoms with Gasteiger partial charge in [0.1, 0.15) is 12.6 Å². The molecular weight excluding hydrogens is 517 g/mol. The van der Waals surface area contributed by atoms with E-state index in [-0.39, 0.29) is 12.5 Å². The fraction of sp³-hybridized carbons (Fsp3) is 0.333. The molecule has 0 unspecified atom stereocenters. The van der Waals surface area contributed by atoms with E-state index in [1.165, 1.54) is 11.9 Å². The van der Waals surface area contributed by atoms with Crippen molar-refractivity contribution in [1.29, 1.82) is 0 Å². The number of hydrogen-bond acceptors (Lipinski definition) is 4. The zero-order valence-electron chi connectivity index (χ0n) is 17.4. The summed E-state index contributed by atoms with van der Waals surface area (Å²) in [7, 11) is -2.21. The molecule has 0 aromatic heterocycles. The molecule has 2 aromatic carbocycles. The summed E-state index contributed by atoms with van der Waals surface area (Å²) >= 11 is 2.12. The molecule has 0 saturated carbocycles. The molecule has 0 aliphatic heterocycles. The third-order valence-corrected chi connectivity index (χ3v) is 6.50. The molecule has 0 fully saturated rings. The fourth-order valence-corrected chi connectivity index (χ4v) is 4.23. The number of nitrogens with one attached hydrogen (secondary N) is 1. The zero-order chi connectivity index (χ0) is 22.5. The summed E-state index contributed by atoms with van der Waals surface area (Å²) in [5.41, 5.74) is 2.29. The lowest BCUT2D eigenvalue weighted by Crippen LogP contribution is -2.50. The molecule has 1 atom stereocenters. The summed E-state index contributed by atoms with van der Waals surface area (Å²) in [5.74, 6) is -0.784. The number of aryl methyl sites for hydroxylation is 1. The van der Waals surface area contributed by atoms with Crippen LogP contribution in [0.25, 0.3) is 0 Å². The van der Waals surface area contributed by atoms with E-state index in [1.807, 2.05) is 31.2 Å². The van der Waals surface area contributed by atoms with Crippen molar-refractivity contribution in [3.05, 3.63) is 63.2 Å². The van der Waals surface area contributed by atoms with Crippen LogP contribution in [0.2, 0.25) is 0 Å². The van der Waals surface area contributed by atoms with Crippen LogP contribution in [0, 0.1) is 10.5 Å². The summed E-state index contributed by atoms with van der Waals surface area (Å²) in [4.78, 5) is 26.9. The number of amides is 2. The van der Waals surface area contributed by atoms with Crippen molar-refractivity contribution in [3.8, 4) is 0 Å². The van der Waals surface area contributed by atoms with E-state index in [0.717, 1.165) is 25.3 Å². The Morgan fingerprint density at radius 2 is 1.77 bits per heavy atom. The Balaban J connectivity index is 2.36. The number of carbonyl (C=O) groups is 2.